The zero-order valence-corrected chi connectivity index (χ0v) is 19.2. The molecule has 7 nitrogen and oxygen atoms in total. The lowest BCUT2D eigenvalue weighted by Gasteiger charge is -2.31. The first kappa shape index (κ1) is 23.9. The molecule has 2 rings (SSSR count). The Labute approximate surface area is 180 Å². The fourth-order valence-electron chi connectivity index (χ4n) is 2.96. The van der Waals surface area contributed by atoms with Crippen LogP contribution >= 0.6 is 0 Å². The Morgan fingerprint density at radius 3 is 2.40 bits per heavy atom. The summed E-state index contributed by atoms with van der Waals surface area (Å²) in [6, 6.07) is 6.70. The summed E-state index contributed by atoms with van der Waals surface area (Å²) in [7, 11) is 4.67. The van der Waals surface area contributed by atoms with E-state index in [0.29, 0.717) is 5.70 Å². The van der Waals surface area contributed by atoms with Crippen molar-refractivity contribution in [3.05, 3.63) is 48.1 Å². The average Bonchev–Trinajstić information content (AvgIpc) is 3.03. The number of nitrogens with one attached hydrogen (secondary N) is 2. The van der Waals surface area contributed by atoms with E-state index in [4.69, 9.17) is 12.3 Å². The minimum atomic E-state index is -3.90. The lowest BCUT2D eigenvalue weighted by atomic mass is 9.85. The Hall–Kier alpha value is -2.39. The highest BCUT2D eigenvalue weighted by atomic mass is 32.2. The number of aromatic hydroxyl groups is 1. The van der Waals surface area contributed by atoms with E-state index in [1.165, 1.54) is 26.2 Å². The van der Waals surface area contributed by atoms with E-state index in [0.717, 1.165) is 15.8 Å². The number of nitrogens with zero attached hydrogens (tertiary/aromatic N) is 1. The number of hydrogen-bond donors (Lipinski definition) is 3. The van der Waals surface area contributed by atoms with Crippen molar-refractivity contribution in [3.63, 3.8) is 0 Å². The molecule has 0 aliphatic heterocycles. The van der Waals surface area contributed by atoms with Crippen LogP contribution in [0.25, 0.3) is 0 Å². The fourth-order valence-corrected chi connectivity index (χ4v) is 4.05. The molecule has 0 fully saturated rings. The highest BCUT2D eigenvalue weighted by Gasteiger charge is 2.29. The molecule has 1 atom stereocenters. The largest absolute Gasteiger partial charge is 0.504 e. The first-order chi connectivity index (χ1) is 13.7. The van der Waals surface area contributed by atoms with Gasteiger partial charge in [0.05, 0.1) is 18.3 Å². The molecule has 30 heavy (non-hydrogen) atoms. The van der Waals surface area contributed by atoms with E-state index in [2.05, 4.69) is 38.0 Å². The molecule has 0 amide bonds. The maximum atomic E-state index is 12.5. The van der Waals surface area contributed by atoms with Gasteiger partial charge in [-0.3, -0.25) is 0 Å². The SMILES string of the molecule is [B]c1ccc(NCC(=C)N[C@@H](c2ccc(C)o2)C(C)(C)C)c(O)c1S(=O)(=O)N(C)C. The van der Waals surface area contributed by atoms with E-state index in [9.17, 15) is 13.5 Å². The number of hydrogen-bond acceptors (Lipinski definition) is 6. The third-order valence-corrected chi connectivity index (χ3v) is 6.56. The van der Waals surface area contributed by atoms with Gasteiger partial charge < -0.3 is 20.2 Å². The van der Waals surface area contributed by atoms with Crippen molar-refractivity contribution >= 4 is 29.0 Å². The molecule has 0 aliphatic carbocycles. The van der Waals surface area contributed by atoms with Gasteiger partial charge in [0.15, 0.2) is 5.75 Å². The van der Waals surface area contributed by atoms with Crippen LogP contribution in [0.4, 0.5) is 5.69 Å². The van der Waals surface area contributed by atoms with E-state index in [1.54, 1.807) is 0 Å². The molecule has 0 aliphatic rings. The molecule has 1 aromatic carbocycles. The molecule has 0 bridgehead atoms. The molecule has 3 N–H and O–H groups in total. The number of phenolic OH excluding ortho intramolecular Hbond substituents is 1. The molecular weight excluding hydrogens is 401 g/mol. The molecular formula is C21H30BN3O4S. The van der Waals surface area contributed by atoms with Gasteiger partial charge in [0, 0.05) is 19.8 Å². The van der Waals surface area contributed by atoms with Crippen LogP contribution in [0.2, 0.25) is 0 Å². The van der Waals surface area contributed by atoms with Crippen LogP contribution in [-0.2, 0) is 10.0 Å². The highest BCUT2D eigenvalue weighted by Crippen LogP contribution is 2.35. The smallest absolute Gasteiger partial charge is 0.245 e. The van der Waals surface area contributed by atoms with E-state index in [-0.39, 0.29) is 34.0 Å². The topological polar surface area (TPSA) is 94.8 Å². The number of rotatable bonds is 8. The lowest BCUT2D eigenvalue weighted by molar-refractivity contribution is 0.249. The minimum Gasteiger partial charge on any atom is -0.504 e. The van der Waals surface area contributed by atoms with E-state index >= 15 is 0 Å². The van der Waals surface area contributed by atoms with Crippen molar-refractivity contribution in [2.75, 3.05) is 26.0 Å². The van der Waals surface area contributed by atoms with Crippen LogP contribution in [0.15, 0.2) is 45.9 Å². The van der Waals surface area contributed by atoms with Crippen molar-refractivity contribution in [1.29, 1.82) is 0 Å². The highest BCUT2D eigenvalue weighted by molar-refractivity contribution is 7.89. The van der Waals surface area contributed by atoms with Crippen LogP contribution in [0.1, 0.15) is 38.3 Å². The first-order valence-corrected chi connectivity index (χ1v) is 11.0. The molecule has 162 valence electrons. The third-order valence-electron chi connectivity index (χ3n) is 4.65. The average molecular weight is 431 g/mol. The third kappa shape index (κ3) is 5.20. The summed E-state index contributed by atoms with van der Waals surface area (Å²) in [5.41, 5.74) is 0.722. The maximum absolute atomic E-state index is 12.5. The van der Waals surface area contributed by atoms with Crippen molar-refractivity contribution in [2.24, 2.45) is 5.41 Å². The second-order valence-corrected chi connectivity index (χ2v) is 10.6. The predicted octanol–water partition coefficient (Wildman–Crippen LogP) is 2.64. The zero-order chi connectivity index (χ0) is 22.9. The van der Waals surface area contributed by atoms with Gasteiger partial charge in [0.2, 0.25) is 10.0 Å². The van der Waals surface area contributed by atoms with Crippen LogP contribution in [-0.4, -0.2) is 46.3 Å². The van der Waals surface area contributed by atoms with Gasteiger partial charge >= 0.3 is 0 Å². The summed E-state index contributed by atoms with van der Waals surface area (Å²) in [5, 5.41) is 16.9. The van der Waals surface area contributed by atoms with Gasteiger partial charge in [0.25, 0.3) is 0 Å². The van der Waals surface area contributed by atoms with Crippen LogP contribution in [0.5, 0.6) is 5.75 Å². The van der Waals surface area contributed by atoms with Crippen molar-refractivity contribution < 1.29 is 17.9 Å². The molecule has 0 saturated carbocycles. The number of furan rings is 1. The number of aryl methyl sites for hydroxylation is 1. The molecule has 0 spiro atoms. The van der Waals surface area contributed by atoms with Gasteiger partial charge in [-0.2, -0.15) is 0 Å². The summed E-state index contributed by atoms with van der Waals surface area (Å²) in [6.45, 7) is 12.5. The zero-order valence-electron chi connectivity index (χ0n) is 18.4. The summed E-state index contributed by atoms with van der Waals surface area (Å²) in [4.78, 5) is -0.324. The second kappa shape index (κ2) is 8.77. The molecule has 2 radical (unpaired) electrons. The summed E-state index contributed by atoms with van der Waals surface area (Å²) < 4.78 is 31.8. The molecule has 1 aromatic heterocycles. The van der Waals surface area contributed by atoms with Gasteiger partial charge in [-0.15, -0.1) is 0 Å². The molecule has 0 saturated heterocycles. The first-order valence-electron chi connectivity index (χ1n) is 9.53. The minimum absolute atomic E-state index is 0.0234. The molecule has 2 aromatic rings. The summed E-state index contributed by atoms with van der Waals surface area (Å²) >= 11 is 0. The molecule has 0 unspecified atom stereocenters. The predicted molar refractivity (Wildman–Crippen MR) is 121 cm³/mol. The van der Waals surface area contributed by atoms with E-state index in [1.807, 2.05) is 19.1 Å². The van der Waals surface area contributed by atoms with Gasteiger partial charge in [-0.1, -0.05) is 38.9 Å². The van der Waals surface area contributed by atoms with Gasteiger partial charge in [-0.25, -0.2) is 12.7 Å². The Kier molecular flexibility index (Phi) is 6.99. The van der Waals surface area contributed by atoms with Crippen molar-refractivity contribution in [1.82, 2.24) is 9.62 Å². The van der Waals surface area contributed by atoms with Gasteiger partial charge in [0.1, 0.15) is 24.3 Å². The molecule has 9 heteroatoms. The van der Waals surface area contributed by atoms with Crippen molar-refractivity contribution in [2.45, 2.75) is 38.6 Å². The second-order valence-electron chi connectivity index (χ2n) is 8.52. The number of sulfonamides is 1. The number of anilines is 1. The summed E-state index contributed by atoms with van der Waals surface area (Å²) in [5.74, 6) is 1.20. The Morgan fingerprint density at radius 2 is 1.90 bits per heavy atom. The van der Waals surface area contributed by atoms with Crippen molar-refractivity contribution in [3.8, 4) is 5.75 Å². The lowest BCUT2D eigenvalue weighted by Crippen LogP contribution is -2.33. The Bertz CT molecular complexity index is 1020. The van der Waals surface area contributed by atoms with Gasteiger partial charge in [-0.05, 0) is 30.5 Å². The Morgan fingerprint density at radius 1 is 1.27 bits per heavy atom. The maximum Gasteiger partial charge on any atom is 0.245 e. The van der Waals surface area contributed by atoms with Crippen LogP contribution in [0, 0.1) is 12.3 Å². The normalized spacial score (nSPS) is 13.3. The Balaban J connectivity index is 2.20. The fraction of sp³-hybridized carbons (Fsp3) is 0.429. The van der Waals surface area contributed by atoms with Crippen LogP contribution < -0.4 is 16.1 Å². The summed E-state index contributed by atoms with van der Waals surface area (Å²) in [6.07, 6.45) is 0. The standard InChI is InChI=1S/C21H30BN3O4S/c1-13(24-20(21(3,4)5)17-11-8-14(2)29-17)12-23-16-10-9-15(22)19(18(16)26)30(27,28)25(6)7/h8-11,20,23-24,26H,1,12H2,2-7H3/t20-/m0/s1. The monoisotopic (exact) mass is 431 g/mol. The molecule has 1 heterocycles. The number of benzene rings is 1. The quantitative estimate of drug-likeness (QED) is 0.440. The van der Waals surface area contributed by atoms with E-state index < -0.39 is 15.8 Å². The number of phenols is 1. The van der Waals surface area contributed by atoms with Crippen LogP contribution in [0.3, 0.4) is 0 Å².